The van der Waals surface area contributed by atoms with Gasteiger partial charge in [-0.3, -0.25) is 4.79 Å². The van der Waals surface area contributed by atoms with Gasteiger partial charge in [-0.2, -0.15) is 0 Å². The summed E-state index contributed by atoms with van der Waals surface area (Å²) in [7, 11) is 0. The summed E-state index contributed by atoms with van der Waals surface area (Å²) in [5.74, 6) is 0.581. The summed E-state index contributed by atoms with van der Waals surface area (Å²) in [6.07, 6.45) is 0.106. The van der Waals surface area contributed by atoms with E-state index in [1.165, 1.54) is 0 Å². The Morgan fingerprint density at radius 2 is 2.44 bits per heavy atom. The average molecular weight is 266 g/mol. The second-order valence-electron chi connectivity index (χ2n) is 3.82. The van der Waals surface area contributed by atoms with Gasteiger partial charge in [-0.25, -0.2) is 4.98 Å². The highest BCUT2D eigenvalue weighted by molar-refractivity contribution is 7.13. The van der Waals surface area contributed by atoms with Crippen molar-refractivity contribution in [2.45, 2.75) is 19.9 Å². The van der Waals surface area contributed by atoms with Crippen LogP contribution in [0.15, 0.2) is 21.9 Å². The van der Waals surface area contributed by atoms with Crippen molar-refractivity contribution in [3.05, 3.63) is 29.0 Å². The molecule has 2 aromatic rings. The molecule has 2 aromatic heterocycles. The van der Waals surface area contributed by atoms with Gasteiger partial charge in [0.15, 0.2) is 0 Å². The summed E-state index contributed by atoms with van der Waals surface area (Å²) >= 11 is 1.58. The van der Waals surface area contributed by atoms with Crippen LogP contribution in [0, 0.1) is 6.92 Å². The minimum Gasteiger partial charge on any atom is -0.481 e. The molecule has 96 valence electrons. The standard InChI is InChI=1S/C12H14N2O3S/c1-8-9(7-13-5-4-11(15)16)14-12(17-8)10-3-2-6-18-10/h2-3,6,13H,4-5,7H2,1H3,(H,15,16). The zero-order valence-electron chi connectivity index (χ0n) is 9.97. The van der Waals surface area contributed by atoms with Crippen LogP contribution in [0.4, 0.5) is 0 Å². The fraction of sp³-hybridized carbons (Fsp3) is 0.333. The van der Waals surface area contributed by atoms with E-state index in [1.807, 2.05) is 24.4 Å². The predicted octanol–water partition coefficient (Wildman–Crippen LogP) is 2.28. The number of nitrogens with zero attached hydrogens (tertiary/aromatic N) is 1. The van der Waals surface area contributed by atoms with Crippen LogP contribution >= 0.6 is 11.3 Å². The van der Waals surface area contributed by atoms with Crippen LogP contribution in [0.3, 0.4) is 0 Å². The summed E-state index contributed by atoms with van der Waals surface area (Å²) in [6, 6.07) is 3.90. The van der Waals surface area contributed by atoms with E-state index in [0.29, 0.717) is 19.0 Å². The summed E-state index contributed by atoms with van der Waals surface area (Å²) in [5.41, 5.74) is 0.823. The number of aliphatic carboxylic acids is 1. The van der Waals surface area contributed by atoms with E-state index in [9.17, 15) is 4.79 Å². The minimum absolute atomic E-state index is 0.106. The molecule has 2 N–H and O–H groups in total. The third-order valence-corrected chi connectivity index (χ3v) is 3.29. The number of nitrogens with one attached hydrogen (secondary N) is 1. The van der Waals surface area contributed by atoms with Crippen LogP contribution in [-0.4, -0.2) is 22.6 Å². The first-order valence-electron chi connectivity index (χ1n) is 5.59. The Bertz CT molecular complexity index is 519. The number of carbonyl (C=O) groups is 1. The largest absolute Gasteiger partial charge is 0.481 e. The molecule has 0 amide bonds. The molecule has 0 bridgehead atoms. The van der Waals surface area contributed by atoms with Crippen molar-refractivity contribution in [3.63, 3.8) is 0 Å². The van der Waals surface area contributed by atoms with Crippen molar-refractivity contribution in [3.8, 4) is 10.8 Å². The molecule has 0 fully saturated rings. The Morgan fingerprint density at radius 3 is 3.11 bits per heavy atom. The maximum absolute atomic E-state index is 10.4. The molecule has 0 radical (unpaired) electrons. The lowest BCUT2D eigenvalue weighted by Crippen LogP contribution is -2.18. The lowest BCUT2D eigenvalue weighted by atomic mass is 10.3. The first-order chi connectivity index (χ1) is 8.66. The lowest BCUT2D eigenvalue weighted by molar-refractivity contribution is -0.136. The molecular weight excluding hydrogens is 252 g/mol. The third kappa shape index (κ3) is 3.18. The highest BCUT2D eigenvalue weighted by Gasteiger charge is 2.11. The summed E-state index contributed by atoms with van der Waals surface area (Å²) in [4.78, 5) is 15.8. The van der Waals surface area contributed by atoms with E-state index in [1.54, 1.807) is 11.3 Å². The van der Waals surface area contributed by atoms with Gasteiger partial charge in [-0.1, -0.05) is 6.07 Å². The number of oxazole rings is 1. The molecule has 0 atom stereocenters. The molecule has 0 saturated heterocycles. The molecule has 0 spiro atoms. The maximum atomic E-state index is 10.4. The molecule has 0 aliphatic heterocycles. The second-order valence-corrected chi connectivity index (χ2v) is 4.77. The molecule has 18 heavy (non-hydrogen) atoms. The van der Waals surface area contributed by atoms with E-state index in [4.69, 9.17) is 9.52 Å². The van der Waals surface area contributed by atoms with Gasteiger partial charge in [0.05, 0.1) is 17.0 Å². The molecule has 5 nitrogen and oxygen atoms in total. The highest BCUT2D eigenvalue weighted by atomic mass is 32.1. The molecule has 0 aliphatic carbocycles. The predicted molar refractivity (Wildman–Crippen MR) is 68.5 cm³/mol. The molecule has 0 aliphatic rings. The lowest BCUT2D eigenvalue weighted by Gasteiger charge is -1.99. The first-order valence-corrected chi connectivity index (χ1v) is 6.47. The van der Waals surface area contributed by atoms with Gasteiger partial charge in [0.1, 0.15) is 5.76 Å². The van der Waals surface area contributed by atoms with Crippen molar-refractivity contribution in [2.24, 2.45) is 0 Å². The number of hydrogen-bond donors (Lipinski definition) is 2. The van der Waals surface area contributed by atoms with Gasteiger partial charge in [-0.05, 0) is 18.4 Å². The fourth-order valence-electron chi connectivity index (χ4n) is 1.50. The van der Waals surface area contributed by atoms with Crippen molar-refractivity contribution in [1.82, 2.24) is 10.3 Å². The molecule has 0 saturated carbocycles. The number of carboxylic acids is 1. The van der Waals surface area contributed by atoms with E-state index < -0.39 is 5.97 Å². The second kappa shape index (κ2) is 5.79. The first kappa shape index (κ1) is 12.8. The van der Waals surface area contributed by atoms with Crippen LogP contribution in [0.5, 0.6) is 0 Å². The number of thiophene rings is 1. The van der Waals surface area contributed by atoms with Crippen LogP contribution in [0.2, 0.25) is 0 Å². The van der Waals surface area contributed by atoms with Crippen LogP contribution in [0.1, 0.15) is 17.9 Å². The van der Waals surface area contributed by atoms with Gasteiger partial charge >= 0.3 is 5.97 Å². The van der Waals surface area contributed by atoms with Crippen molar-refractivity contribution < 1.29 is 14.3 Å². The maximum Gasteiger partial charge on any atom is 0.304 e. The highest BCUT2D eigenvalue weighted by Crippen LogP contribution is 2.25. The van der Waals surface area contributed by atoms with Gasteiger partial charge in [-0.15, -0.1) is 11.3 Å². The number of aromatic nitrogens is 1. The van der Waals surface area contributed by atoms with E-state index in [2.05, 4.69) is 10.3 Å². The van der Waals surface area contributed by atoms with Crippen LogP contribution < -0.4 is 5.32 Å². The Hall–Kier alpha value is -1.66. The normalized spacial score (nSPS) is 10.7. The van der Waals surface area contributed by atoms with Gasteiger partial charge in [0.2, 0.25) is 5.89 Å². The number of carboxylic acid groups (broad SMARTS) is 1. The third-order valence-electron chi connectivity index (χ3n) is 2.43. The van der Waals surface area contributed by atoms with E-state index in [0.717, 1.165) is 16.3 Å². The molecule has 2 rings (SSSR count). The number of rotatable bonds is 6. The smallest absolute Gasteiger partial charge is 0.304 e. The zero-order valence-corrected chi connectivity index (χ0v) is 10.8. The summed E-state index contributed by atoms with van der Waals surface area (Å²) in [6.45, 7) is 2.81. The molecule has 0 unspecified atom stereocenters. The molecular formula is C12H14N2O3S. The minimum atomic E-state index is -0.807. The topological polar surface area (TPSA) is 75.4 Å². The van der Waals surface area contributed by atoms with E-state index >= 15 is 0 Å². The van der Waals surface area contributed by atoms with Crippen molar-refractivity contribution in [1.29, 1.82) is 0 Å². The van der Waals surface area contributed by atoms with Crippen molar-refractivity contribution in [2.75, 3.05) is 6.54 Å². The SMILES string of the molecule is Cc1oc(-c2cccs2)nc1CNCCC(=O)O. The average Bonchev–Trinajstić information content (AvgIpc) is 2.93. The van der Waals surface area contributed by atoms with Gasteiger partial charge in [0.25, 0.3) is 0 Å². The summed E-state index contributed by atoms with van der Waals surface area (Å²) < 4.78 is 5.58. The molecule has 2 heterocycles. The van der Waals surface area contributed by atoms with Gasteiger partial charge < -0.3 is 14.8 Å². The van der Waals surface area contributed by atoms with E-state index in [-0.39, 0.29) is 6.42 Å². The Morgan fingerprint density at radius 1 is 1.61 bits per heavy atom. The molecule has 6 heteroatoms. The zero-order chi connectivity index (χ0) is 13.0. The Kier molecular flexibility index (Phi) is 4.11. The molecule has 0 aromatic carbocycles. The van der Waals surface area contributed by atoms with Crippen LogP contribution in [0.25, 0.3) is 10.8 Å². The van der Waals surface area contributed by atoms with Crippen LogP contribution in [-0.2, 0) is 11.3 Å². The Balaban J connectivity index is 1.95. The number of aryl methyl sites for hydroxylation is 1. The monoisotopic (exact) mass is 266 g/mol. The van der Waals surface area contributed by atoms with Gasteiger partial charge in [0, 0.05) is 13.1 Å². The quantitative estimate of drug-likeness (QED) is 0.784. The summed E-state index contributed by atoms with van der Waals surface area (Å²) in [5, 5.41) is 13.5. The fourth-order valence-corrected chi connectivity index (χ4v) is 2.15. The number of hydrogen-bond acceptors (Lipinski definition) is 5. The Labute approximate surface area is 108 Å². The van der Waals surface area contributed by atoms with Crippen molar-refractivity contribution >= 4 is 17.3 Å².